The van der Waals surface area contributed by atoms with Gasteiger partial charge in [0.1, 0.15) is 30.0 Å². The van der Waals surface area contributed by atoms with Crippen molar-refractivity contribution in [1.82, 2.24) is 25.4 Å². The van der Waals surface area contributed by atoms with Crippen LogP contribution in [0.3, 0.4) is 0 Å². The number of carbonyl (C=O) groups is 5. The van der Waals surface area contributed by atoms with Crippen LogP contribution in [0.1, 0.15) is 90.5 Å². The summed E-state index contributed by atoms with van der Waals surface area (Å²) in [5.41, 5.74) is 7.74. The van der Waals surface area contributed by atoms with E-state index in [1.165, 1.54) is 0 Å². The summed E-state index contributed by atoms with van der Waals surface area (Å²) in [6, 6.07) is 4.47. The van der Waals surface area contributed by atoms with Crippen LogP contribution in [0.5, 0.6) is 0 Å². The molecule has 252 valence electrons. The number of piperidine rings is 1. The van der Waals surface area contributed by atoms with Gasteiger partial charge in [0.05, 0.1) is 0 Å². The second-order valence-electron chi connectivity index (χ2n) is 12.9. The molecule has 3 heterocycles. The van der Waals surface area contributed by atoms with Gasteiger partial charge >= 0.3 is 0 Å². The Bertz CT molecular complexity index is 1390. The fourth-order valence-corrected chi connectivity index (χ4v) is 6.66. The average Bonchev–Trinajstić information content (AvgIpc) is 3.41. The fourth-order valence-electron chi connectivity index (χ4n) is 6.66. The van der Waals surface area contributed by atoms with Crippen molar-refractivity contribution in [1.29, 1.82) is 0 Å². The quantitative estimate of drug-likeness (QED) is 0.248. The Morgan fingerprint density at radius 1 is 0.957 bits per heavy atom. The molecule has 5 N–H and O–H groups in total. The number of nitrogens with two attached hydrogens (primary N) is 1. The molecule has 4 amide bonds. The van der Waals surface area contributed by atoms with Crippen molar-refractivity contribution in [2.75, 3.05) is 13.1 Å². The molecular formula is C35H52N6O5. The van der Waals surface area contributed by atoms with E-state index < -0.39 is 36.0 Å². The summed E-state index contributed by atoms with van der Waals surface area (Å²) in [5, 5.41) is 9.89. The Morgan fingerprint density at radius 3 is 2.43 bits per heavy atom. The number of para-hydroxylation sites is 1. The van der Waals surface area contributed by atoms with Crippen LogP contribution >= 0.6 is 0 Å². The van der Waals surface area contributed by atoms with Crippen molar-refractivity contribution in [3.8, 4) is 0 Å². The largest absolute Gasteiger partial charge is 0.346 e. The number of nitrogens with zero attached hydrogens (tertiary/aromatic N) is 2. The van der Waals surface area contributed by atoms with Crippen molar-refractivity contribution >= 4 is 40.3 Å². The number of rotatable bonds is 13. The van der Waals surface area contributed by atoms with E-state index in [1.807, 2.05) is 55.8 Å². The lowest BCUT2D eigenvalue weighted by Gasteiger charge is -2.39. The first-order valence-corrected chi connectivity index (χ1v) is 17.2. The summed E-state index contributed by atoms with van der Waals surface area (Å²) in [6.07, 6.45) is 8.33. The van der Waals surface area contributed by atoms with Crippen LogP contribution in [0.2, 0.25) is 0 Å². The Kier molecular flexibility index (Phi) is 12.8. The third kappa shape index (κ3) is 8.54. The van der Waals surface area contributed by atoms with Crippen LogP contribution in [0.4, 0.5) is 0 Å². The summed E-state index contributed by atoms with van der Waals surface area (Å²) in [7, 11) is 0. The topological polar surface area (TPSA) is 156 Å². The molecule has 0 bridgehead atoms. The third-order valence-electron chi connectivity index (χ3n) is 9.64. The SMILES string of the molecule is CCC(=O)CCCCC[C@@H]1NC(=O)[C@H]2CCCCN2C(=O)[C@H](C(C)CC)NC(=O)[C@H](Cc2cn(CCN)c3ccccc23)NC1=O. The van der Waals surface area contributed by atoms with Gasteiger partial charge in [0.15, 0.2) is 0 Å². The highest BCUT2D eigenvalue weighted by Crippen LogP contribution is 2.25. The van der Waals surface area contributed by atoms with E-state index >= 15 is 0 Å². The number of ketones is 1. The van der Waals surface area contributed by atoms with Crippen LogP contribution in [0, 0.1) is 5.92 Å². The van der Waals surface area contributed by atoms with Crippen LogP contribution in [-0.2, 0) is 36.9 Å². The van der Waals surface area contributed by atoms with Gasteiger partial charge in [0.25, 0.3) is 0 Å². The molecule has 5 atom stereocenters. The predicted octanol–water partition coefficient (Wildman–Crippen LogP) is 2.97. The van der Waals surface area contributed by atoms with E-state index in [9.17, 15) is 24.0 Å². The highest BCUT2D eigenvalue weighted by Gasteiger charge is 2.40. The van der Waals surface area contributed by atoms with Gasteiger partial charge in [-0.1, -0.05) is 58.2 Å². The number of benzene rings is 1. The Morgan fingerprint density at radius 2 is 1.70 bits per heavy atom. The molecular weight excluding hydrogens is 584 g/mol. The smallest absolute Gasteiger partial charge is 0.246 e. The van der Waals surface area contributed by atoms with Crippen molar-refractivity contribution in [2.45, 2.75) is 122 Å². The minimum atomic E-state index is -0.984. The summed E-state index contributed by atoms with van der Waals surface area (Å²) < 4.78 is 2.05. The van der Waals surface area contributed by atoms with Gasteiger partial charge in [-0.3, -0.25) is 24.0 Å². The number of fused-ring (bicyclic) bond motifs is 2. The zero-order valence-corrected chi connectivity index (χ0v) is 27.7. The van der Waals surface area contributed by atoms with E-state index in [0.29, 0.717) is 58.2 Å². The van der Waals surface area contributed by atoms with Crippen LogP contribution in [0.25, 0.3) is 10.9 Å². The van der Waals surface area contributed by atoms with Crippen molar-refractivity contribution in [3.05, 3.63) is 36.0 Å². The third-order valence-corrected chi connectivity index (χ3v) is 9.64. The lowest BCUT2D eigenvalue weighted by atomic mass is 9.93. The van der Waals surface area contributed by atoms with E-state index in [0.717, 1.165) is 42.1 Å². The molecule has 2 aromatic rings. The number of nitrogens with one attached hydrogen (secondary N) is 3. The minimum absolute atomic E-state index is 0.180. The van der Waals surface area contributed by atoms with Gasteiger partial charge in [0, 0.05) is 56.0 Å². The summed E-state index contributed by atoms with van der Waals surface area (Å²) >= 11 is 0. The van der Waals surface area contributed by atoms with E-state index in [4.69, 9.17) is 5.73 Å². The molecule has 2 aliphatic heterocycles. The molecule has 0 aliphatic carbocycles. The van der Waals surface area contributed by atoms with Gasteiger partial charge < -0.3 is 31.2 Å². The Hall–Kier alpha value is -3.73. The molecule has 11 nitrogen and oxygen atoms in total. The van der Waals surface area contributed by atoms with Crippen LogP contribution < -0.4 is 21.7 Å². The molecule has 1 unspecified atom stereocenters. The molecule has 0 radical (unpaired) electrons. The number of unbranched alkanes of at least 4 members (excludes halogenated alkanes) is 2. The molecule has 0 spiro atoms. The van der Waals surface area contributed by atoms with E-state index in [1.54, 1.807) is 4.90 Å². The second kappa shape index (κ2) is 16.7. The molecule has 4 rings (SSSR count). The van der Waals surface area contributed by atoms with Gasteiger partial charge in [-0.05, 0) is 49.7 Å². The maximum Gasteiger partial charge on any atom is 0.246 e. The maximum absolute atomic E-state index is 14.1. The summed E-state index contributed by atoms with van der Waals surface area (Å²) in [6.45, 7) is 7.21. The first-order valence-electron chi connectivity index (χ1n) is 17.2. The number of Topliss-reactive ketones (excluding diaryl/α,β-unsaturated/α-hetero) is 1. The van der Waals surface area contributed by atoms with Crippen molar-refractivity contribution in [2.24, 2.45) is 11.7 Å². The van der Waals surface area contributed by atoms with Gasteiger partial charge in [-0.2, -0.15) is 0 Å². The fraction of sp³-hybridized carbons (Fsp3) is 0.629. The Balaban J connectivity index is 1.67. The standard InChI is InChI=1S/C35H52N6O5/c1-4-23(3)31-35(46)41-19-12-11-17-30(41)34(45)37-27(15-8-6-7-13-25(42)5-2)32(43)38-28(33(44)39-31)21-24-22-40(20-18-36)29-16-10-9-14-26(24)29/h9-10,14,16,22-23,27-28,30-31H,4-8,11-13,15,17-21,36H2,1-3H3,(H,37,45)(H,38,43)(H,39,44)/t23?,27-,28-,30+,31-/m0/s1. The first kappa shape index (κ1) is 35.1. The normalized spacial score (nSPS) is 23.5. The molecule has 1 aromatic carbocycles. The van der Waals surface area contributed by atoms with Crippen molar-refractivity contribution < 1.29 is 24.0 Å². The monoisotopic (exact) mass is 636 g/mol. The number of hydrogen-bond donors (Lipinski definition) is 4. The van der Waals surface area contributed by atoms with Crippen molar-refractivity contribution in [3.63, 3.8) is 0 Å². The lowest BCUT2D eigenvalue weighted by Crippen LogP contribution is -2.64. The van der Waals surface area contributed by atoms with Crippen LogP contribution in [0.15, 0.2) is 30.5 Å². The van der Waals surface area contributed by atoms with Crippen LogP contribution in [-0.4, -0.2) is 76.1 Å². The zero-order valence-electron chi connectivity index (χ0n) is 27.7. The number of carbonyl (C=O) groups excluding carboxylic acids is 5. The zero-order chi connectivity index (χ0) is 33.2. The molecule has 0 saturated carbocycles. The summed E-state index contributed by atoms with van der Waals surface area (Å²) in [4.78, 5) is 69.2. The van der Waals surface area contributed by atoms with Gasteiger partial charge in [-0.25, -0.2) is 0 Å². The molecule has 2 aliphatic rings. The molecule has 1 aromatic heterocycles. The molecule has 11 heteroatoms. The lowest BCUT2D eigenvalue weighted by molar-refractivity contribution is -0.147. The summed E-state index contributed by atoms with van der Waals surface area (Å²) in [5.74, 6) is -1.44. The van der Waals surface area contributed by atoms with Gasteiger partial charge in [-0.15, -0.1) is 0 Å². The number of amides is 4. The van der Waals surface area contributed by atoms with Gasteiger partial charge in [0.2, 0.25) is 23.6 Å². The number of hydrogen-bond acceptors (Lipinski definition) is 6. The average molecular weight is 637 g/mol. The Labute approximate surface area is 272 Å². The van der Waals surface area contributed by atoms with E-state index in [-0.39, 0.29) is 29.9 Å². The first-order chi connectivity index (χ1) is 22.2. The van der Waals surface area contributed by atoms with E-state index in [2.05, 4.69) is 16.0 Å². The second-order valence-corrected chi connectivity index (χ2v) is 12.9. The molecule has 2 saturated heterocycles. The predicted molar refractivity (Wildman–Crippen MR) is 178 cm³/mol. The minimum Gasteiger partial charge on any atom is -0.346 e. The highest BCUT2D eigenvalue weighted by atomic mass is 16.2. The maximum atomic E-state index is 14.1. The number of aromatic nitrogens is 1. The molecule has 2 fully saturated rings. The highest BCUT2D eigenvalue weighted by molar-refractivity contribution is 5.98. The molecule has 46 heavy (non-hydrogen) atoms.